The summed E-state index contributed by atoms with van der Waals surface area (Å²) in [5, 5.41) is 9.11. The molecule has 1 aliphatic rings. The lowest BCUT2D eigenvalue weighted by atomic mass is 9.95. The summed E-state index contributed by atoms with van der Waals surface area (Å²) in [5.74, 6) is 0.796. The predicted molar refractivity (Wildman–Crippen MR) is 146 cm³/mol. The lowest BCUT2D eigenvalue weighted by Gasteiger charge is -2.21. The average Bonchev–Trinajstić information content (AvgIpc) is 3.64. The van der Waals surface area contributed by atoms with E-state index in [0.717, 1.165) is 52.0 Å². The van der Waals surface area contributed by atoms with Crippen LogP contribution in [0.5, 0.6) is 0 Å². The molecule has 1 saturated carbocycles. The molecular formula is C31H32ClN3O. The zero-order valence-electron chi connectivity index (χ0n) is 20.9. The quantitative estimate of drug-likeness (QED) is 0.242. The van der Waals surface area contributed by atoms with E-state index < -0.39 is 0 Å². The van der Waals surface area contributed by atoms with Crippen LogP contribution >= 0.6 is 11.6 Å². The van der Waals surface area contributed by atoms with Gasteiger partial charge in [0.05, 0.1) is 17.4 Å². The van der Waals surface area contributed by atoms with Gasteiger partial charge in [0.25, 0.3) is 0 Å². The molecule has 1 fully saturated rings. The number of Topliss-reactive ketones (excluding diaryl/α,β-unsaturated/α-hetero) is 1. The first-order chi connectivity index (χ1) is 17.5. The molecule has 0 amide bonds. The zero-order chi connectivity index (χ0) is 25.1. The van der Waals surface area contributed by atoms with E-state index in [1.165, 1.54) is 18.4 Å². The number of carbonyl (C=O) groups excluding carboxylic acids is 1. The van der Waals surface area contributed by atoms with Gasteiger partial charge in [0, 0.05) is 11.4 Å². The first-order valence-corrected chi connectivity index (χ1v) is 13.2. The summed E-state index contributed by atoms with van der Waals surface area (Å²) in [5.41, 5.74) is 6.74. The predicted octanol–water partition coefficient (Wildman–Crippen LogP) is 6.91. The normalized spacial score (nSPS) is 14.1. The summed E-state index contributed by atoms with van der Waals surface area (Å²) < 4.78 is 1.78. The number of hydrogen-bond acceptors (Lipinski definition) is 3. The van der Waals surface area contributed by atoms with Crippen molar-refractivity contribution in [2.75, 3.05) is 6.54 Å². The van der Waals surface area contributed by atoms with E-state index in [2.05, 4.69) is 47.7 Å². The van der Waals surface area contributed by atoms with Gasteiger partial charge < -0.3 is 5.32 Å². The second kappa shape index (κ2) is 10.8. The van der Waals surface area contributed by atoms with Gasteiger partial charge in [-0.05, 0) is 85.2 Å². The van der Waals surface area contributed by atoms with Gasteiger partial charge in [-0.15, -0.1) is 0 Å². The maximum atomic E-state index is 13.5. The topological polar surface area (TPSA) is 46.9 Å². The number of nitrogens with zero attached hydrogens (tertiary/aromatic N) is 2. The van der Waals surface area contributed by atoms with E-state index in [-0.39, 0.29) is 11.8 Å². The van der Waals surface area contributed by atoms with Crippen LogP contribution in [0.4, 0.5) is 0 Å². The summed E-state index contributed by atoms with van der Waals surface area (Å²) in [6.45, 7) is 5.02. The molecule has 0 aliphatic heterocycles. The van der Waals surface area contributed by atoms with Gasteiger partial charge in [-0.1, -0.05) is 73.1 Å². The average molecular weight is 498 g/mol. The summed E-state index contributed by atoms with van der Waals surface area (Å²) in [6, 6.07) is 26.4. The van der Waals surface area contributed by atoms with Gasteiger partial charge in [-0.2, -0.15) is 5.10 Å². The number of carbonyl (C=O) groups is 1. The minimum Gasteiger partial charge on any atom is -0.306 e. The van der Waals surface area contributed by atoms with Crippen molar-refractivity contribution in [3.05, 3.63) is 118 Å². The molecule has 1 heterocycles. The van der Waals surface area contributed by atoms with Crippen LogP contribution in [0.3, 0.4) is 0 Å². The Morgan fingerprint density at radius 3 is 2.58 bits per heavy atom. The van der Waals surface area contributed by atoms with Gasteiger partial charge in [-0.25, -0.2) is 4.68 Å². The molecule has 1 unspecified atom stereocenters. The molecule has 4 nitrogen and oxygen atoms in total. The van der Waals surface area contributed by atoms with Crippen molar-refractivity contribution >= 4 is 17.4 Å². The van der Waals surface area contributed by atoms with Crippen LogP contribution in [0.2, 0.25) is 5.02 Å². The molecule has 1 aromatic heterocycles. The van der Waals surface area contributed by atoms with Crippen molar-refractivity contribution in [2.24, 2.45) is 5.92 Å². The highest BCUT2D eigenvalue weighted by molar-refractivity contribution is 6.31. The standard InChI is InChI=1S/C31H32ClN3O/c1-3-22-8-7-11-26(18-22)35-29(16-21(2)34-35)30(36)19-24-9-6-10-25(17-24)31(33-20-23-14-15-23)27-12-4-5-13-28(27)32/h4-13,16-18,23,31,33H,3,14-15,19-20H2,1-2H3. The molecule has 5 heteroatoms. The van der Waals surface area contributed by atoms with E-state index in [1.54, 1.807) is 4.68 Å². The molecule has 0 bridgehead atoms. The van der Waals surface area contributed by atoms with Crippen molar-refractivity contribution in [1.29, 1.82) is 0 Å². The van der Waals surface area contributed by atoms with Gasteiger partial charge in [0.15, 0.2) is 5.78 Å². The van der Waals surface area contributed by atoms with Crippen LogP contribution in [0.15, 0.2) is 78.9 Å². The van der Waals surface area contributed by atoms with Gasteiger partial charge in [-0.3, -0.25) is 4.79 Å². The first kappa shape index (κ1) is 24.5. The number of aromatic nitrogens is 2. The van der Waals surface area contributed by atoms with Crippen molar-refractivity contribution in [3.63, 3.8) is 0 Å². The van der Waals surface area contributed by atoms with Gasteiger partial charge in [0.1, 0.15) is 5.69 Å². The van der Waals surface area contributed by atoms with Gasteiger partial charge in [0.2, 0.25) is 0 Å². The number of nitrogens with one attached hydrogen (secondary N) is 1. The van der Waals surface area contributed by atoms with E-state index in [9.17, 15) is 4.79 Å². The number of ketones is 1. The van der Waals surface area contributed by atoms with E-state index in [1.807, 2.05) is 55.5 Å². The highest BCUT2D eigenvalue weighted by Gasteiger charge is 2.25. The molecule has 0 saturated heterocycles. The fraction of sp³-hybridized carbons (Fsp3) is 0.290. The minimum absolute atomic E-state index is 0.0149. The fourth-order valence-electron chi connectivity index (χ4n) is 4.68. The molecule has 1 N–H and O–H groups in total. The highest BCUT2D eigenvalue weighted by atomic mass is 35.5. The third kappa shape index (κ3) is 5.61. The van der Waals surface area contributed by atoms with Crippen molar-refractivity contribution in [1.82, 2.24) is 15.1 Å². The Kier molecular flexibility index (Phi) is 7.35. The molecular weight excluding hydrogens is 466 g/mol. The lowest BCUT2D eigenvalue weighted by Crippen LogP contribution is -2.25. The third-order valence-electron chi connectivity index (χ3n) is 6.85. The van der Waals surface area contributed by atoms with E-state index in [0.29, 0.717) is 12.1 Å². The fourth-order valence-corrected chi connectivity index (χ4v) is 4.93. The van der Waals surface area contributed by atoms with E-state index in [4.69, 9.17) is 11.6 Å². The van der Waals surface area contributed by atoms with Crippen molar-refractivity contribution in [3.8, 4) is 5.69 Å². The second-order valence-corrected chi connectivity index (χ2v) is 10.2. The summed E-state index contributed by atoms with van der Waals surface area (Å²) in [4.78, 5) is 13.5. The Labute approximate surface area is 218 Å². The molecule has 1 aliphatic carbocycles. The lowest BCUT2D eigenvalue weighted by molar-refractivity contribution is 0.0985. The smallest absolute Gasteiger partial charge is 0.185 e. The van der Waals surface area contributed by atoms with Crippen molar-refractivity contribution < 1.29 is 4.79 Å². The van der Waals surface area contributed by atoms with Crippen LogP contribution < -0.4 is 5.32 Å². The van der Waals surface area contributed by atoms with Crippen LogP contribution in [-0.4, -0.2) is 22.1 Å². The number of rotatable bonds is 10. The molecule has 184 valence electrons. The Morgan fingerprint density at radius 2 is 1.81 bits per heavy atom. The molecule has 3 aromatic carbocycles. The first-order valence-electron chi connectivity index (χ1n) is 12.8. The zero-order valence-corrected chi connectivity index (χ0v) is 21.6. The van der Waals surface area contributed by atoms with Crippen LogP contribution in [0, 0.1) is 12.8 Å². The van der Waals surface area contributed by atoms with E-state index >= 15 is 0 Å². The molecule has 0 spiro atoms. The second-order valence-electron chi connectivity index (χ2n) is 9.76. The summed E-state index contributed by atoms with van der Waals surface area (Å²) in [6.07, 6.45) is 3.81. The van der Waals surface area contributed by atoms with Crippen LogP contribution in [0.25, 0.3) is 5.69 Å². The maximum Gasteiger partial charge on any atom is 0.185 e. The largest absolute Gasteiger partial charge is 0.306 e. The highest BCUT2D eigenvalue weighted by Crippen LogP contribution is 2.32. The number of benzene rings is 3. The Hall–Kier alpha value is -3.21. The molecule has 4 aromatic rings. The molecule has 5 rings (SSSR count). The Morgan fingerprint density at radius 1 is 1.03 bits per heavy atom. The minimum atomic E-state index is -0.0149. The SMILES string of the molecule is CCc1cccc(-n2nc(C)cc2C(=O)Cc2cccc(C(NCC3CC3)c3ccccc3Cl)c2)c1. The number of hydrogen-bond donors (Lipinski definition) is 1. The Balaban J connectivity index is 1.42. The van der Waals surface area contributed by atoms with Gasteiger partial charge >= 0.3 is 0 Å². The third-order valence-corrected chi connectivity index (χ3v) is 7.20. The van der Waals surface area contributed by atoms with Crippen molar-refractivity contribution in [2.45, 2.75) is 45.6 Å². The Bertz CT molecular complexity index is 1370. The van der Waals surface area contributed by atoms with Crippen LogP contribution in [-0.2, 0) is 12.8 Å². The maximum absolute atomic E-state index is 13.5. The number of halogens is 1. The molecule has 0 radical (unpaired) electrons. The summed E-state index contributed by atoms with van der Waals surface area (Å²) >= 11 is 6.60. The summed E-state index contributed by atoms with van der Waals surface area (Å²) in [7, 11) is 0. The van der Waals surface area contributed by atoms with Crippen LogP contribution in [0.1, 0.15) is 64.2 Å². The number of aryl methyl sites for hydroxylation is 2. The molecule has 1 atom stereocenters. The molecule has 36 heavy (non-hydrogen) atoms. The monoisotopic (exact) mass is 497 g/mol.